The Hall–Kier alpha value is -1.88. The number of halogens is 2. The number of aryl methyl sites for hydroxylation is 2. The Bertz CT molecular complexity index is 872. The number of nitrogens with zero attached hydrogens (tertiary/aromatic N) is 2. The van der Waals surface area contributed by atoms with E-state index >= 15 is 0 Å². The van der Waals surface area contributed by atoms with Crippen molar-refractivity contribution in [1.29, 1.82) is 0 Å². The Morgan fingerprint density at radius 2 is 2.00 bits per heavy atom. The Balaban J connectivity index is 1.78. The zero-order valence-electron chi connectivity index (χ0n) is 18.3. The predicted octanol–water partition coefficient (Wildman–Crippen LogP) is 6.13. The molecule has 1 aromatic heterocycles. The first-order chi connectivity index (χ1) is 14.4. The lowest BCUT2D eigenvalue weighted by Crippen LogP contribution is -2.31. The van der Waals surface area contributed by atoms with Gasteiger partial charge in [0.05, 0.1) is 5.69 Å². The molecule has 0 unspecified atom stereocenters. The SMILES string of the molecule is CCCCc1ccc(-n2c(CC)nc(C(=O)NCC3CCC(C)CC3)c2Cl)c(F)c1. The van der Waals surface area contributed by atoms with Crippen LogP contribution in [0.4, 0.5) is 4.39 Å². The molecule has 1 saturated carbocycles. The van der Waals surface area contributed by atoms with E-state index in [0.717, 1.165) is 43.6 Å². The topological polar surface area (TPSA) is 46.9 Å². The third-order valence-corrected chi connectivity index (χ3v) is 6.53. The van der Waals surface area contributed by atoms with Crippen molar-refractivity contribution in [2.75, 3.05) is 6.54 Å². The number of hydrogen-bond donors (Lipinski definition) is 1. The Kier molecular flexibility index (Phi) is 7.93. The lowest BCUT2D eigenvalue weighted by atomic mass is 9.83. The first kappa shape index (κ1) is 22.8. The summed E-state index contributed by atoms with van der Waals surface area (Å²) in [6, 6.07) is 5.22. The van der Waals surface area contributed by atoms with Gasteiger partial charge in [0.15, 0.2) is 5.69 Å². The highest BCUT2D eigenvalue weighted by Gasteiger charge is 2.24. The van der Waals surface area contributed by atoms with Crippen LogP contribution in [0.15, 0.2) is 18.2 Å². The molecule has 30 heavy (non-hydrogen) atoms. The minimum Gasteiger partial charge on any atom is -0.350 e. The second kappa shape index (κ2) is 10.4. The van der Waals surface area contributed by atoms with Crippen LogP contribution in [-0.4, -0.2) is 22.0 Å². The molecular formula is C24H33ClFN3O. The first-order valence-corrected chi connectivity index (χ1v) is 11.7. The molecule has 164 valence electrons. The summed E-state index contributed by atoms with van der Waals surface area (Å²) in [4.78, 5) is 17.2. The van der Waals surface area contributed by atoms with E-state index in [-0.39, 0.29) is 22.6 Å². The van der Waals surface area contributed by atoms with Crippen LogP contribution in [0.5, 0.6) is 0 Å². The van der Waals surface area contributed by atoms with Gasteiger partial charge in [0.25, 0.3) is 5.91 Å². The van der Waals surface area contributed by atoms with Crippen molar-refractivity contribution >= 4 is 17.5 Å². The fraction of sp³-hybridized carbons (Fsp3) is 0.583. The van der Waals surface area contributed by atoms with Gasteiger partial charge in [0.1, 0.15) is 16.8 Å². The molecule has 4 nitrogen and oxygen atoms in total. The van der Waals surface area contributed by atoms with Gasteiger partial charge >= 0.3 is 0 Å². The number of amides is 1. The van der Waals surface area contributed by atoms with Gasteiger partial charge in [-0.25, -0.2) is 9.37 Å². The summed E-state index contributed by atoms with van der Waals surface area (Å²) in [6.45, 7) is 6.96. The molecule has 1 fully saturated rings. The molecule has 1 heterocycles. The van der Waals surface area contributed by atoms with Gasteiger partial charge in [-0.1, -0.05) is 57.7 Å². The average Bonchev–Trinajstić information content (AvgIpc) is 3.08. The van der Waals surface area contributed by atoms with Crippen LogP contribution in [0.1, 0.15) is 81.2 Å². The van der Waals surface area contributed by atoms with Gasteiger partial charge in [0.2, 0.25) is 0 Å². The third kappa shape index (κ3) is 5.23. The molecule has 1 amide bonds. The molecule has 1 aliphatic rings. The minimum absolute atomic E-state index is 0.168. The van der Waals surface area contributed by atoms with Gasteiger partial charge in [0, 0.05) is 13.0 Å². The van der Waals surface area contributed by atoms with Crippen LogP contribution in [0, 0.1) is 17.7 Å². The monoisotopic (exact) mass is 433 g/mol. The molecule has 0 atom stereocenters. The molecule has 0 spiro atoms. The summed E-state index contributed by atoms with van der Waals surface area (Å²) < 4.78 is 16.5. The standard InChI is InChI=1S/C24H33ClFN3O/c1-4-6-7-17-12-13-20(19(26)14-17)29-21(5-2)28-22(23(29)25)24(30)27-15-18-10-8-16(3)9-11-18/h12-14,16,18H,4-11,15H2,1-3H3,(H,27,30). The maximum Gasteiger partial charge on any atom is 0.273 e. The van der Waals surface area contributed by atoms with E-state index in [1.54, 1.807) is 16.7 Å². The molecule has 1 aliphatic carbocycles. The van der Waals surface area contributed by atoms with Crippen molar-refractivity contribution in [3.63, 3.8) is 0 Å². The number of nitrogens with one attached hydrogen (secondary N) is 1. The zero-order chi connectivity index (χ0) is 21.7. The van der Waals surface area contributed by atoms with Gasteiger partial charge in [-0.2, -0.15) is 0 Å². The smallest absolute Gasteiger partial charge is 0.273 e. The minimum atomic E-state index is -0.346. The number of carbonyl (C=O) groups is 1. The van der Waals surface area contributed by atoms with Gasteiger partial charge in [-0.3, -0.25) is 9.36 Å². The maximum atomic E-state index is 14.9. The molecule has 1 N–H and O–H groups in total. The van der Waals surface area contributed by atoms with Crippen molar-refractivity contribution in [3.8, 4) is 5.69 Å². The first-order valence-electron chi connectivity index (χ1n) is 11.3. The summed E-state index contributed by atoms with van der Waals surface area (Å²) in [5.41, 5.74) is 1.48. The molecule has 1 aromatic carbocycles. The fourth-order valence-electron chi connectivity index (χ4n) is 4.19. The highest BCUT2D eigenvalue weighted by molar-refractivity contribution is 6.32. The van der Waals surface area contributed by atoms with E-state index in [1.165, 1.54) is 12.8 Å². The number of imidazole rings is 1. The van der Waals surface area contributed by atoms with Crippen molar-refractivity contribution < 1.29 is 9.18 Å². The molecule has 2 aromatic rings. The van der Waals surface area contributed by atoms with E-state index in [9.17, 15) is 9.18 Å². The van der Waals surface area contributed by atoms with Crippen LogP contribution < -0.4 is 5.32 Å². The number of benzene rings is 1. The molecule has 0 radical (unpaired) electrons. The Morgan fingerprint density at radius 3 is 2.63 bits per heavy atom. The normalized spacial score (nSPS) is 19.1. The Labute approximate surface area is 184 Å². The number of aromatic nitrogens is 2. The van der Waals surface area contributed by atoms with Crippen LogP contribution in [0.3, 0.4) is 0 Å². The highest BCUT2D eigenvalue weighted by Crippen LogP contribution is 2.29. The third-order valence-electron chi connectivity index (χ3n) is 6.18. The van der Waals surface area contributed by atoms with Crippen molar-refractivity contribution in [2.45, 2.75) is 72.1 Å². The summed E-state index contributed by atoms with van der Waals surface area (Å²) in [7, 11) is 0. The predicted molar refractivity (Wildman–Crippen MR) is 120 cm³/mol. The zero-order valence-corrected chi connectivity index (χ0v) is 19.1. The van der Waals surface area contributed by atoms with Crippen molar-refractivity contribution in [1.82, 2.24) is 14.9 Å². The molecule has 0 bridgehead atoms. The molecule has 3 rings (SSSR count). The van der Waals surface area contributed by atoms with E-state index in [4.69, 9.17) is 11.6 Å². The second-order valence-corrected chi connectivity index (χ2v) is 8.94. The van der Waals surface area contributed by atoms with Gasteiger partial charge < -0.3 is 5.32 Å². The Morgan fingerprint density at radius 1 is 1.27 bits per heavy atom. The molecular weight excluding hydrogens is 401 g/mol. The molecule has 0 aliphatic heterocycles. The van der Waals surface area contributed by atoms with Crippen LogP contribution >= 0.6 is 11.6 Å². The maximum absolute atomic E-state index is 14.9. The van der Waals surface area contributed by atoms with Crippen LogP contribution in [0.2, 0.25) is 5.15 Å². The van der Waals surface area contributed by atoms with E-state index in [2.05, 4.69) is 24.1 Å². The number of rotatable bonds is 8. The largest absolute Gasteiger partial charge is 0.350 e. The van der Waals surface area contributed by atoms with E-state index in [0.29, 0.717) is 30.4 Å². The highest BCUT2D eigenvalue weighted by atomic mass is 35.5. The summed E-state index contributed by atoms with van der Waals surface area (Å²) in [5, 5.41) is 3.16. The number of unbranched alkanes of at least 4 members (excludes halogenated alkanes) is 1. The van der Waals surface area contributed by atoms with E-state index in [1.807, 2.05) is 13.0 Å². The summed E-state index contributed by atoms with van der Waals surface area (Å²) in [6.07, 6.45) is 8.18. The lowest BCUT2D eigenvalue weighted by Gasteiger charge is -2.26. The number of carbonyl (C=O) groups excluding carboxylic acids is 1. The fourth-order valence-corrected chi connectivity index (χ4v) is 4.51. The van der Waals surface area contributed by atoms with Crippen molar-refractivity contribution in [3.05, 3.63) is 46.3 Å². The molecule has 0 saturated heterocycles. The van der Waals surface area contributed by atoms with Gasteiger partial charge in [-0.15, -0.1) is 0 Å². The lowest BCUT2D eigenvalue weighted by molar-refractivity contribution is 0.0937. The van der Waals surface area contributed by atoms with Crippen LogP contribution in [-0.2, 0) is 12.8 Å². The quantitative estimate of drug-likeness (QED) is 0.544. The summed E-state index contributed by atoms with van der Waals surface area (Å²) >= 11 is 6.55. The second-order valence-electron chi connectivity index (χ2n) is 8.58. The average molecular weight is 434 g/mol. The number of hydrogen-bond acceptors (Lipinski definition) is 2. The summed E-state index contributed by atoms with van der Waals surface area (Å²) in [5.74, 6) is 1.23. The molecule has 6 heteroatoms. The van der Waals surface area contributed by atoms with Gasteiger partial charge in [-0.05, 0) is 55.2 Å². The van der Waals surface area contributed by atoms with E-state index < -0.39 is 0 Å². The van der Waals surface area contributed by atoms with Crippen LogP contribution in [0.25, 0.3) is 5.69 Å². The van der Waals surface area contributed by atoms with Crippen molar-refractivity contribution in [2.24, 2.45) is 11.8 Å².